The van der Waals surface area contributed by atoms with E-state index in [1.807, 2.05) is 6.07 Å². The standard InChI is InChI=1S/C16H10ClN3O3S/c17-12-4-2-1-3-10(12)5-8-15(21)19-16-18-13-7-6-11(20(22)23)9-14(13)24-16/h1-9H,(H,18,19,21)/b8-5+. The molecule has 2 aromatic carbocycles. The Labute approximate surface area is 145 Å². The Kier molecular flexibility index (Phi) is 4.54. The first-order valence-corrected chi connectivity index (χ1v) is 8.01. The van der Waals surface area contributed by atoms with Gasteiger partial charge in [-0.3, -0.25) is 20.2 Å². The number of halogens is 1. The smallest absolute Gasteiger partial charge is 0.270 e. The minimum absolute atomic E-state index is 0.0114. The number of non-ortho nitro benzene ring substituents is 1. The molecule has 3 aromatic rings. The number of carbonyl (C=O) groups is 1. The van der Waals surface area contributed by atoms with Crippen LogP contribution in [0.4, 0.5) is 10.8 Å². The third kappa shape index (κ3) is 3.58. The number of carbonyl (C=O) groups excluding carboxylic acids is 1. The highest BCUT2D eigenvalue weighted by Crippen LogP contribution is 2.29. The molecule has 8 heteroatoms. The van der Waals surface area contributed by atoms with Crippen LogP contribution in [0.1, 0.15) is 5.56 Å². The molecule has 0 aliphatic carbocycles. The Balaban J connectivity index is 1.76. The molecule has 1 amide bonds. The van der Waals surface area contributed by atoms with Crippen molar-refractivity contribution in [3.8, 4) is 0 Å². The molecule has 0 saturated heterocycles. The molecule has 0 unspecified atom stereocenters. The lowest BCUT2D eigenvalue weighted by Crippen LogP contribution is -2.07. The van der Waals surface area contributed by atoms with Crippen LogP contribution in [0.3, 0.4) is 0 Å². The molecule has 1 N–H and O–H groups in total. The number of nitro groups is 1. The summed E-state index contributed by atoms with van der Waals surface area (Å²) in [6, 6.07) is 11.5. The molecule has 1 aromatic heterocycles. The number of aromatic nitrogens is 1. The summed E-state index contributed by atoms with van der Waals surface area (Å²) >= 11 is 7.19. The molecule has 0 aliphatic heterocycles. The summed E-state index contributed by atoms with van der Waals surface area (Å²) in [5, 5.41) is 14.3. The number of fused-ring (bicyclic) bond motifs is 1. The van der Waals surface area contributed by atoms with E-state index in [1.165, 1.54) is 29.5 Å². The zero-order chi connectivity index (χ0) is 17.1. The van der Waals surface area contributed by atoms with Gasteiger partial charge in [0.25, 0.3) is 5.69 Å². The van der Waals surface area contributed by atoms with Crippen LogP contribution in [0.15, 0.2) is 48.5 Å². The lowest BCUT2D eigenvalue weighted by molar-refractivity contribution is -0.384. The predicted octanol–water partition coefficient (Wildman–Crippen LogP) is 4.51. The van der Waals surface area contributed by atoms with Crippen LogP contribution >= 0.6 is 22.9 Å². The van der Waals surface area contributed by atoms with Crippen molar-refractivity contribution >= 4 is 56.0 Å². The number of nitro benzene ring substituents is 1. The first kappa shape index (κ1) is 16.1. The third-order valence-corrected chi connectivity index (χ3v) is 4.41. The maximum absolute atomic E-state index is 12.0. The van der Waals surface area contributed by atoms with E-state index in [0.29, 0.717) is 20.4 Å². The molecule has 0 spiro atoms. The van der Waals surface area contributed by atoms with Crippen molar-refractivity contribution < 1.29 is 9.72 Å². The number of thiazole rings is 1. The maximum Gasteiger partial charge on any atom is 0.270 e. The molecular formula is C16H10ClN3O3S. The van der Waals surface area contributed by atoms with Gasteiger partial charge in [0, 0.05) is 23.2 Å². The van der Waals surface area contributed by atoms with Crippen LogP contribution in [0.25, 0.3) is 16.3 Å². The van der Waals surface area contributed by atoms with Gasteiger partial charge in [0.05, 0.1) is 15.1 Å². The van der Waals surface area contributed by atoms with Crippen molar-refractivity contribution in [1.29, 1.82) is 0 Å². The highest BCUT2D eigenvalue weighted by atomic mass is 35.5. The van der Waals surface area contributed by atoms with Crippen LogP contribution in [-0.2, 0) is 4.79 Å². The van der Waals surface area contributed by atoms with E-state index in [-0.39, 0.29) is 11.6 Å². The molecule has 0 saturated carbocycles. The van der Waals surface area contributed by atoms with Crippen molar-refractivity contribution in [3.05, 3.63) is 69.2 Å². The topological polar surface area (TPSA) is 85.1 Å². The van der Waals surface area contributed by atoms with Crippen LogP contribution in [0.5, 0.6) is 0 Å². The minimum atomic E-state index is -0.468. The Bertz CT molecular complexity index is 968. The van der Waals surface area contributed by atoms with Gasteiger partial charge in [0.1, 0.15) is 0 Å². The molecule has 24 heavy (non-hydrogen) atoms. The van der Waals surface area contributed by atoms with Crippen molar-refractivity contribution in [2.75, 3.05) is 5.32 Å². The quantitative estimate of drug-likeness (QED) is 0.422. The zero-order valence-electron chi connectivity index (χ0n) is 12.1. The number of anilines is 1. The monoisotopic (exact) mass is 359 g/mol. The lowest BCUT2D eigenvalue weighted by atomic mass is 10.2. The molecule has 120 valence electrons. The van der Waals surface area contributed by atoms with Gasteiger partial charge in [-0.15, -0.1) is 0 Å². The Morgan fingerprint density at radius 2 is 2.08 bits per heavy atom. The summed E-state index contributed by atoms with van der Waals surface area (Å²) in [7, 11) is 0. The van der Waals surface area contributed by atoms with E-state index in [1.54, 1.807) is 30.3 Å². The van der Waals surface area contributed by atoms with Gasteiger partial charge in [-0.1, -0.05) is 41.1 Å². The number of hydrogen-bond donors (Lipinski definition) is 1. The number of nitrogens with zero attached hydrogens (tertiary/aromatic N) is 2. The number of hydrogen-bond acceptors (Lipinski definition) is 5. The number of nitrogens with one attached hydrogen (secondary N) is 1. The predicted molar refractivity (Wildman–Crippen MR) is 95.4 cm³/mol. The van der Waals surface area contributed by atoms with E-state index in [0.717, 1.165) is 5.56 Å². The second-order valence-electron chi connectivity index (χ2n) is 4.77. The van der Waals surface area contributed by atoms with E-state index in [2.05, 4.69) is 10.3 Å². The van der Waals surface area contributed by atoms with E-state index in [9.17, 15) is 14.9 Å². The van der Waals surface area contributed by atoms with Gasteiger partial charge in [0.15, 0.2) is 5.13 Å². The normalized spacial score (nSPS) is 11.0. The minimum Gasteiger partial charge on any atom is -0.298 e. The van der Waals surface area contributed by atoms with Crippen molar-refractivity contribution in [2.24, 2.45) is 0 Å². The summed E-state index contributed by atoms with van der Waals surface area (Å²) in [5.41, 5.74) is 1.31. The average molecular weight is 360 g/mol. The molecule has 0 radical (unpaired) electrons. The molecular weight excluding hydrogens is 350 g/mol. The first-order chi connectivity index (χ1) is 11.5. The van der Waals surface area contributed by atoms with Gasteiger partial charge in [-0.05, 0) is 23.8 Å². The SMILES string of the molecule is O=C(/C=C/c1ccccc1Cl)Nc1nc2ccc([N+](=O)[O-])cc2s1. The van der Waals surface area contributed by atoms with E-state index < -0.39 is 4.92 Å². The van der Waals surface area contributed by atoms with Crippen molar-refractivity contribution in [2.45, 2.75) is 0 Å². The molecule has 0 bridgehead atoms. The second kappa shape index (κ2) is 6.77. The van der Waals surface area contributed by atoms with Crippen molar-refractivity contribution in [1.82, 2.24) is 4.98 Å². The average Bonchev–Trinajstić information content (AvgIpc) is 2.95. The maximum atomic E-state index is 12.0. The number of rotatable bonds is 4. The highest BCUT2D eigenvalue weighted by Gasteiger charge is 2.11. The number of amides is 1. The summed E-state index contributed by atoms with van der Waals surface area (Å²) in [6.45, 7) is 0. The largest absolute Gasteiger partial charge is 0.298 e. The summed E-state index contributed by atoms with van der Waals surface area (Å²) < 4.78 is 0.634. The Morgan fingerprint density at radius 3 is 2.83 bits per heavy atom. The zero-order valence-corrected chi connectivity index (χ0v) is 13.7. The van der Waals surface area contributed by atoms with Crippen LogP contribution < -0.4 is 5.32 Å². The molecule has 3 rings (SSSR count). The first-order valence-electron chi connectivity index (χ1n) is 6.81. The Hall–Kier alpha value is -2.77. The number of benzene rings is 2. The van der Waals surface area contributed by atoms with Gasteiger partial charge in [-0.2, -0.15) is 0 Å². The fourth-order valence-corrected chi connectivity index (χ4v) is 3.10. The summed E-state index contributed by atoms with van der Waals surface area (Å²) in [6.07, 6.45) is 2.96. The van der Waals surface area contributed by atoms with Crippen LogP contribution in [-0.4, -0.2) is 15.8 Å². The van der Waals surface area contributed by atoms with Gasteiger partial charge >= 0.3 is 0 Å². The highest BCUT2D eigenvalue weighted by molar-refractivity contribution is 7.22. The molecule has 1 heterocycles. The lowest BCUT2D eigenvalue weighted by Gasteiger charge is -1.97. The molecule has 0 atom stereocenters. The Morgan fingerprint density at radius 1 is 1.29 bits per heavy atom. The van der Waals surface area contributed by atoms with Crippen molar-refractivity contribution in [3.63, 3.8) is 0 Å². The van der Waals surface area contributed by atoms with E-state index >= 15 is 0 Å². The molecule has 0 fully saturated rings. The van der Waals surface area contributed by atoms with Gasteiger partial charge in [0.2, 0.25) is 5.91 Å². The van der Waals surface area contributed by atoms with Gasteiger partial charge < -0.3 is 0 Å². The van der Waals surface area contributed by atoms with Gasteiger partial charge in [-0.25, -0.2) is 4.98 Å². The fourth-order valence-electron chi connectivity index (χ4n) is 2.00. The van der Waals surface area contributed by atoms with Crippen LogP contribution in [0, 0.1) is 10.1 Å². The third-order valence-electron chi connectivity index (χ3n) is 3.13. The fraction of sp³-hybridized carbons (Fsp3) is 0. The summed E-state index contributed by atoms with van der Waals surface area (Å²) in [5.74, 6) is -0.358. The second-order valence-corrected chi connectivity index (χ2v) is 6.21. The van der Waals surface area contributed by atoms with E-state index in [4.69, 9.17) is 11.6 Å². The molecule has 6 nitrogen and oxygen atoms in total. The summed E-state index contributed by atoms with van der Waals surface area (Å²) in [4.78, 5) is 26.5. The van der Waals surface area contributed by atoms with Crippen LogP contribution in [0.2, 0.25) is 5.02 Å². The molecule has 0 aliphatic rings.